The molecule has 21 heavy (non-hydrogen) atoms. The van der Waals surface area contributed by atoms with Crippen LogP contribution in [0.15, 0.2) is 36.4 Å². The lowest BCUT2D eigenvalue weighted by Crippen LogP contribution is -2.24. The maximum atomic E-state index is 11.9. The van der Waals surface area contributed by atoms with E-state index in [9.17, 15) is 4.79 Å². The molecule has 2 N–H and O–H groups in total. The van der Waals surface area contributed by atoms with Crippen molar-refractivity contribution in [3.63, 3.8) is 0 Å². The van der Waals surface area contributed by atoms with Crippen LogP contribution < -0.4 is 5.32 Å². The molecule has 0 aliphatic heterocycles. The molecule has 2 rings (SSSR count). The molecule has 0 atom stereocenters. The standard InChI is InChI=1S/C16H14ClNO2S/c17-15-6-2-1-4-12(15)10-16(20)18-11-14-8-7-13(21-14)5-3-9-19/h1-2,4,6-8,19H,9-11H2,(H,18,20). The van der Waals surface area contributed by atoms with Crippen molar-refractivity contribution in [2.75, 3.05) is 6.61 Å². The second-order valence-electron chi connectivity index (χ2n) is 4.27. The number of nitrogens with one attached hydrogen (secondary N) is 1. The van der Waals surface area contributed by atoms with Gasteiger partial charge in [0.1, 0.15) is 6.61 Å². The van der Waals surface area contributed by atoms with Crippen LogP contribution in [0.4, 0.5) is 0 Å². The molecule has 0 spiro atoms. The van der Waals surface area contributed by atoms with Crippen molar-refractivity contribution in [2.24, 2.45) is 0 Å². The quantitative estimate of drug-likeness (QED) is 0.851. The fourth-order valence-corrected chi connectivity index (χ4v) is 2.75. The largest absolute Gasteiger partial charge is 0.384 e. The Kier molecular flexibility index (Phi) is 5.82. The van der Waals surface area contributed by atoms with E-state index in [1.165, 1.54) is 11.3 Å². The van der Waals surface area contributed by atoms with Crippen molar-refractivity contribution in [1.29, 1.82) is 0 Å². The Balaban J connectivity index is 1.87. The molecule has 0 saturated carbocycles. The first kappa shape index (κ1) is 15.6. The van der Waals surface area contributed by atoms with E-state index in [1.807, 2.05) is 30.3 Å². The van der Waals surface area contributed by atoms with Gasteiger partial charge in [-0.15, -0.1) is 11.3 Å². The smallest absolute Gasteiger partial charge is 0.224 e. The number of benzene rings is 1. The van der Waals surface area contributed by atoms with Crippen molar-refractivity contribution in [1.82, 2.24) is 5.32 Å². The Morgan fingerprint density at radius 1 is 1.29 bits per heavy atom. The number of rotatable bonds is 4. The maximum Gasteiger partial charge on any atom is 0.224 e. The Morgan fingerprint density at radius 3 is 2.86 bits per heavy atom. The Morgan fingerprint density at radius 2 is 2.10 bits per heavy atom. The van der Waals surface area contributed by atoms with Crippen molar-refractivity contribution in [2.45, 2.75) is 13.0 Å². The van der Waals surface area contributed by atoms with E-state index in [2.05, 4.69) is 17.2 Å². The number of hydrogen-bond acceptors (Lipinski definition) is 3. The Hall–Kier alpha value is -1.80. The van der Waals surface area contributed by atoms with Gasteiger partial charge in [0.05, 0.1) is 17.8 Å². The molecule has 3 nitrogen and oxygen atoms in total. The van der Waals surface area contributed by atoms with E-state index >= 15 is 0 Å². The van der Waals surface area contributed by atoms with Crippen LogP contribution in [0, 0.1) is 11.8 Å². The van der Waals surface area contributed by atoms with Gasteiger partial charge in [-0.05, 0) is 23.8 Å². The molecule has 1 amide bonds. The van der Waals surface area contributed by atoms with Crippen LogP contribution in [0.2, 0.25) is 5.02 Å². The minimum Gasteiger partial charge on any atom is -0.384 e. The van der Waals surface area contributed by atoms with E-state index in [0.29, 0.717) is 11.6 Å². The van der Waals surface area contributed by atoms with Crippen LogP contribution in [-0.4, -0.2) is 17.6 Å². The first-order valence-corrected chi connectivity index (χ1v) is 7.57. The van der Waals surface area contributed by atoms with E-state index in [4.69, 9.17) is 16.7 Å². The SMILES string of the molecule is O=C(Cc1ccccc1Cl)NCc1ccc(C#CCO)s1. The summed E-state index contributed by atoms with van der Waals surface area (Å²) in [6.45, 7) is 0.316. The number of carbonyl (C=O) groups is 1. The average Bonchev–Trinajstić information content (AvgIpc) is 2.93. The number of aliphatic hydroxyl groups is 1. The van der Waals surface area contributed by atoms with E-state index in [1.54, 1.807) is 6.07 Å². The lowest BCUT2D eigenvalue weighted by molar-refractivity contribution is -0.120. The summed E-state index contributed by atoms with van der Waals surface area (Å²) < 4.78 is 0. The molecule has 5 heteroatoms. The van der Waals surface area contributed by atoms with Gasteiger partial charge in [0, 0.05) is 9.90 Å². The van der Waals surface area contributed by atoms with Crippen LogP contribution >= 0.6 is 22.9 Å². The number of halogens is 1. The highest BCUT2D eigenvalue weighted by atomic mass is 35.5. The summed E-state index contributed by atoms with van der Waals surface area (Å²) in [7, 11) is 0. The van der Waals surface area contributed by atoms with Gasteiger partial charge >= 0.3 is 0 Å². The van der Waals surface area contributed by atoms with E-state index in [0.717, 1.165) is 15.3 Å². The molecule has 0 saturated heterocycles. The summed E-state index contributed by atoms with van der Waals surface area (Å²) in [5.41, 5.74) is 0.817. The molecule has 1 aromatic carbocycles. The monoisotopic (exact) mass is 319 g/mol. The Labute approximate surface area is 132 Å². The third-order valence-corrected chi connectivity index (χ3v) is 4.09. The van der Waals surface area contributed by atoms with Crippen molar-refractivity contribution < 1.29 is 9.90 Å². The number of thiophene rings is 1. The molecule has 0 radical (unpaired) electrons. The van der Waals surface area contributed by atoms with Crippen LogP contribution in [0.25, 0.3) is 0 Å². The van der Waals surface area contributed by atoms with E-state index < -0.39 is 0 Å². The number of hydrogen-bond donors (Lipinski definition) is 2. The molecule has 0 fully saturated rings. The van der Waals surface area contributed by atoms with Gasteiger partial charge in [0.15, 0.2) is 0 Å². The third kappa shape index (κ3) is 4.91. The molecule has 0 unspecified atom stereocenters. The fraction of sp³-hybridized carbons (Fsp3) is 0.188. The predicted molar refractivity (Wildman–Crippen MR) is 85.3 cm³/mol. The van der Waals surface area contributed by atoms with Gasteiger partial charge in [-0.3, -0.25) is 4.79 Å². The van der Waals surface area contributed by atoms with E-state index in [-0.39, 0.29) is 18.9 Å². The molecular formula is C16H14ClNO2S. The number of aliphatic hydroxyl groups excluding tert-OH is 1. The zero-order chi connectivity index (χ0) is 15.1. The molecule has 108 valence electrons. The summed E-state index contributed by atoms with van der Waals surface area (Å²) in [5, 5.41) is 12.1. The highest BCUT2D eigenvalue weighted by Gasteiger charge is 2.07. The van der Waals surface area contributed by atoms with Gasteiger partial charge in [-0.1, -0.05) is 41.6 Å². The lowest BCUT2D eigenvalue weighted by atomic mass is 10.1. The highest BCUT2D eigenvalue weighted by Crippen LogP contribution is 2.16. The topological polar surface area (TPSA) is 49.3 Å². The van der Waals surface area contributed by atoms with Gasteiger partial charge in [-0.2, -0.15) is 0 Å². The Bertz CT molecular complexity index is 685. The average molecular weight is 320 g/mol. The second kappa shape index (κ2) is 7.84. The summed E-state index contributed by atoms with van der Waals surface area (Å²) in [6.07, 6.45) is 0.266. The normalized spacial score (nSPS) is 9.81. The summed E-state index contributed by atoms with van der Waals surface area (Å²) >= 11 is 7.52. The molecule has 1 heterocycles. The maximum absolute atomic E-state index is 11.9. The molecule has 2 aromatic rings. The zero-order valence-corrected chi connectivity index (χ0v) is 12.8. The molecule has 0 aliphatic carbocycles. The molecule has 0 aliphatic rings. The fourth-order valence-electron chi connectivity index (χ4n) is 1.73. The second-order valence-corrected chi connectivity index (χ2v) is 5.85. The lowest BCUT2D eigenvalue weighted by Gasteiger charge is -2.05. The first-order chi connectivity index (χ1) is 10.2. The van der Waals surface area contributed by atoms with Gasteiger partial charge in [-0.25, -0.2) is 0 Å². The number of amides is 1. The van der Waals surface area contributed by atoms with Crippen molar-refractivity contribution in [3.8, 4) is 11.8 Å². The first-order valence-electron chi connectivity index (χ1n) is 6.37. The van der Waals surface area contributed by atoms with Gasteiger partial charge < -0.3 is 10.4 Å². The molecule has 0 bridgehead atoms. The van der Waals surface area contributed by atoms with Crippen LogP contribution in [0.5, 0.6) is 0 Å². The van der Waals surface area contributed by atoms with Crippen LogP contribution in [0.1, 0.15) is 15.3 Å². The third-order valence-electron chi connectivity index (χ3n) is 2.72. The number of carbonyl (C=O) groups excluding carboxylic acids is 1. The molecule has 1 aromatic heterocycles. The summed E-state index contributed by atoms with van der Waals surface area (Å²) in [4.78, 5) is 13.8. The predicted octanol–water partition coefficient (Wildman–Crippen LogP) is 2.60. The zero-order valence-electron chi connectivity index (χ0n) is 11.2. The highest BCUT2D eigenvalue weighted by molar-refractivity contribution is 7.12. The van der Waals surface area contributed by atoms with Gasteiger partial charge in [0.25, 0.3) is 0 Å². The van der Waals surface area contributed by atoms with Crippen LogP contribution in [0.3, 0.4) is 0 Å². The summed E-state index contributed by atoms with van der Waals surface area (Å²) in [5.74, 6) is 5.36. The van der Waals surface area contributed by atoms with Crippen LogP contribution in [-0.2, 0) is 17.8 Å². The van der Waals surface area contributed by atoms with Crippen molar-refractivity contribution >= 4 is 28.8 Å². The minimum absolute atomic E-state index is 0.0699. The minimum atomic E-state index is -0.151. The van der Waals surface area contributed by atoms with Gasteiger partial charge in [0.2, 0.25) is 5.91 Å². The molecular weight excluding hydrogens is 306 g/mol. The van der Waals surface area contributed by atoms with Crippen molar-refractivity contribution in [3.05, 3.63) is 56.7 Å². The summed E-state index contributed by atoms with van der Waals surface area (Å²) in [6, 6.07) is 11.1.